The van der Waals surface area contributed by atoms with E-state index in [9.17, 15) is 13.2 Å². The second kappa shape index (κ2) is 7.21. The van der Waals surface area contributed by atoms with Crippen LogP contribution >= 0.6 is 23.4 Å². The molecule has 140 valence electrons. The molecule has 3 rings (SSSR count). The maximum Gasteiger partial charge on any atom is 0.322 e. The van der Waals surface area contributed by atoms with Gasteiger partial charge in [0.25, 0.3) is 5.91 Å². The smallest absolute Gasteiger partial charge is 0.322 e. The fourth-order valence-electron chi connectivity index (χ4n) is 2.30. The van der Waals surface area contributed by atoms with Gasteiger partial charge >= 0.3 is 6.01 Å². The molecule has 0 spiro atoms. The summed E-state index contributed by atoms with van der Waals surface area (Å²) in [5.41, 5.74) is 0.147. The topological polar surface area (TPSA) is 102 Å². The second-order valence-corrected chi connectivity index (χ2v) is 10.3. The van der Waals surface area contributed by atoms with Crippen LogP contribution in [0.4, 0.5) is 6.01 Å². The van der Waals surface area contributed by atoms with Crippen molar-refractivity contribution in [3.8, 4) is 0 Å². The van der Waals surface area contributed by atoms with Crippen LogP contribution in [0.3, 0.4) is 0 Å². The molecule has 0 atom stereocenters. The number of aromatic nitrogens is 2. The Morgan fingerprint density at radius 1 is 1.35 bits per heavy atom. The summed E-state index contributed by atoms with van der Waals surface area (Å²) in [5.74, 6) is 0.251. The van der Waals surface area contributed by atoms with E-state index in [1.807, 2.05) is 13.8 Å². The Kier molecular flexibility index (Phi) is 5.32. The number of halogens is 1. The third-order valence-electron chi connectivity index (χ3n) is 3.65. The van der Waals surface area contributed by atoms with E-state index < -0.39 is 15.7 Å². The third kappa shape index (κ3) is 4.21. The number of amides is 1. The summed E-state index contributed by atoms with van der Waals surface area (Å²) in [4.78, 5) is 13.0. The van der Waals surface area contributed by atoms with Gasteiger partial charge in [0.05, 0.1) is 15.5 Å². The average Bonchev–Trinajstić information content (AvgIpc) is 3.28. The first-order chi connectivity index (χ1) is 12.2. The molecular formula is C16H18ClN3O4S2. The van der Waals surface area contributed by atoms with E-state index in [-0.39, 0.29) is 32.7 Å². The second-order valence-electron chi connectivity index (χ2n) is 6.37. The van der Waals surface area contributed by atoms with E-state index in [1.165, 1.54) is 23.9 Å². The lowest BCUT2D eigenvalue weighted by Gasteiger charge is -2.14. The van der Waals surface area contributed by atoms with Crippen LogP contribution in [0.1, 0.15) is 48.9 Å². The monoisotopic (exact) mass is 415 g/mol. The van der Waals surface area contributed by atoms with E-state index in [2.05, 4.69) is 15.5 Å². The normalized spacial score (nSPS) is 14.7. The Hall–Kier alpha value is -1.58. The zero-order valence-electron chi connectivity index (χ0n) is 14.4. The van der Waals surface area contributed by atoms with Gasteiger partial charge in [-0.25, -0.2) is 8.42 Å². The molecule has 1 saturated carbocycles. The summed E-state index contributed by atoms with van der Waals surface area (Å²) in [7, 11) is -3.48. The maximum atomic E-state index is 12.5. The SMILES string of the molecule is CC(C)Sc1c(S(C)(=O)=O)ccc(C(=O)Nc2nnc(C3CC3)o2)c1Cl. The molecule has 10 heteroatoms. The summed E-state index contributed by atoms with van der Waals surface area (Å²) in [6.45, 7) is 3.83. The molecule has 1 aliphatic carbocycles. The minimum Gasteiger partial charge on any atom is -0.408 e. The van der Waals surface area contributed by atoms with Crippen LogP contribution < -0.4 is 5.32 Å². The number of benzene rings is 1. The number of hydrogen-bond acceptors (Lipinski definition) is 7. The molecule has 7 nitrogen and oxygen atoms in total. The van der Waals surface area contributed by atoms with Gasteiger partial charge < -0.3 is 4.42 Å². The third-order valence-corrected chi connectivity index (χ3v) is 6.55. The molecule has 0 radical (unpaired) electrons. The fraction of sp³-hybridized carbons (Fsp3) is 0.438. The Morgan fingerprint density at radius 2 is 2.04 bits per heavy atom. The zero-order chi connectivity index (χ0) is 19.1. The minimum absolute atomic E-state index is 0.00165. The zero-order valence-corrected chi connectivity index (χ0v) is 16.8. The Morgan fingerprint density at radius 3 is 2.62 bits per heavy atom. The number of nitrogens with one attached hydrogen (secondary N) is 1. The number of nitrogens with zero attached hydrogens (tertiary/aromatic N) is 2. The largest absolute Gasteiger partial charge is 0.408 e. The van der Waals surface area contributed by atoms with Crippen molar-refractivity contribution in [2.75, 3.05) is 11.6 Å². The number of hydrogen-bond donors (Lipinski definition) is 1. The fourth-order valence-corrected chi connectivity index (χ4v) is 4.96. The van der Waals surface area contributed by atoms with Crippen LogP contribution in [0.2, 0.25) is 5.02 Å². The molecular weight excluding hydrogens is 398 g/mol. The lowest BCUT2D eigenvalue weighted by molar-refractivity contribution is 0.102. The van der Waals surface area contributed by atoms with Crippen LogP contribution in [0.25, 0.3) is 0 Å². The molecule has 26 heavy (non-hydrogen) atoms. The molecule has 1 N–H and O–H groups in total. The number of thioether (sulfide) groups is 1. The van der Waals surface area contributed by atoms with Gasteiger partial charge in [0.1, 0.15) is 0 Å². The highest BCUT2D eigenvalue weighted by atomic mass is 35.5. The van der Waals surface area contributed by atoms with Crippen LogP contribution in [-0.4, -0.2) is 36.0 Å². The van der Waals surface area contributed by atoms with Crippen LogP contribution in [0.5, 0.6) is 0 Å². The molecule has 1 amide bonds. The first-order valence-corrected chi connectivity index (χ1v) is 11.2. The molecule has 0 bridgehead atoms. The van der Waals surface area contributed by atoms with E-state index in [1.54, 1.807) is 0 Å². The molecule has 1 aliphatic rings. The minimum atomic E-state index is -3.48. The molecule has 1 fully saturated rings. The summed E-state index contributed by atoms with van der Waals surface area (Å²) in [5, 5.41) is 10.4. The standard InChI is InChI=1S/C16H18ClN3O4S2/c1-8(2)25-13-11(26(3,22)23)7-6-10(12(13)17)14(21)18-16-20-19-15(24-16)9-4-5-9/h6-9H,4-5H2,1-3H3,(H,18,20,21). The summed E-state index contributed by atoms with van der Waals surface area (Å²) < 4.78 is 29.5. The summed E-state index contributed by atoms with van der Waals surface area (Å²) in [6.07, 6.45) is 3.12. The van der Waals surface area contributed by atoms with Crippen molar-refractivity contribution in [1.29, 1.82) is 0 Å². The van der Waals surface area contributed by atoms with Crippen LogP contribution in [-0.2, 0) is 9.84 Å². The quantitative estimate of drug-likeness (QED) is 0.716. The van der Waals surface area contributed by atoms with Crippen molar-refractivity contribution in [2.24, 2.45) is 0 Å². The van der Waals surface area contributed by atoms with Crippen LogP contribution in [0, 0.1) is 0 Å². The highest BCUT2D eigenvalue weighted by molar-refractivity contribution is 8.00. The van der Waals surface area contributed by atoms with E-state index in [0.29, 0.717) is 10.8 Å². The van der Waals surface area contributed by atoms with Crippen molar-refractivity contribution in [3.05, 3.63) is 28.6 Å². The van der Waals surface area contributed by atoms with Gasteiger partial charge in [-0.3, -0.25) is 10.1 Å². The summed E-state index contributed by atoms with van der Waals surface area (Å²) in [6, 6.07) is 2.78. The Balaban J connectivity index is 1.91. The van der Waals surface area contributed by atoms with Gasteiger partial charge in [0.2, 0.25) is 5.89 Å². The predicted octanol–water partition coefficient (Wildman–Crippen LogP) is 3.76. The maximum absolute atomic E-state index is 12.5. The van der Waals surface area contributed by atoms with Gasteiger partial charge in [0.15, 0.2) is 9.84 Å². The molecule has 1 aromatic heterocycles. The van der Waals surface area contributed by atoms with Crippen molar-refractivity contribution in [1.82, 2.24) is 10.2 Å². The number of sulfone groups is 1. The van der Waals surface area contributed by atoms with Gasteiger partial charge in [0, 0.05) is 22.3 Å². The van der Waals surface area contributed by atoms with Crippen molar-refractivity contribution < 1.29 is 17.6 Å². The lowest BCUT2D eigenvalue weighted by atomic mass is 10.2. The van der Waals surface area contributed by atoms with Gasteiger partial charge in [-0.05, 0) is 25.0 Å². The molecule has 0 saturated heterocycles. The molecule has 1 aromatic carbocycles. The number of anilines is 1. The molecule has 2 aromatic rings. The number of carbonyl (C=O) groups excluding carboxylic acids is 1. The first-order valence-electron chi connectivity index (χ1n) is 8.00. The first kappa shape index (κ1) is 19.2. The molecule has 1 heterocycles. The number of carbonyl (C=O) groups is 1. The summed E-state index contributed by atoms with van der Waals surface area (Å²) >= 11 is 7.67. The Labute approximate surface area is 160 Å². The predicted molar refractivity (Wildman–Crippen MR) is 99.8 cm³/mol. The van der Waals surface area contributed by atoms with Gasteiger partial charge in [-0.2, -0.15) is 0 Å². The lowest BCUT2D eigenvalue weighted by Crippen LogP contribution is -2.14. The van der Waals surface area contributed by atoms with Gasteiger partial charge in [-0.1, -0.05) is 30.5 Å². The molecule has 0 unspecified atom stereocenters. The average molecular weight is 416 g/mol. The Bertz CT molecular complexity index is 952. The van der Waals surface area contributed by atoms with Crippen molar-refractivity contribution >= 4 is 45.1 Å². The van der Waals surface area contributed by atoms with E-state index in [4.69, 9.17) is 16.0 Å². The highest BCUT2D eigenvalue weighted by Gasteiger charge is 2.30. The van der Waals surface area contributed by atoms with E-state index in [0.717, 1.165) is 19.1 Å². The number of rotatable bonds is 6. The molecule has 0 aliphatic heterocycles. The highest BCUT2D eigenvalue weighted by Crippen LogP contribution is 2.40. The van der Waals surface area contributed by atoms with Gasteiger partial charge in [-0.15, -0.1) is 16.9 Å². The van der Waals surface area contributed by atoms with E-state index >= 15 is 0 Å². The van der Waals surface area contributed by atoms with Crippen molar-refractivity contribution in [3.63, 3.8) is 0 Å². The van der Waals surface area contributed by atoms with Crippen molar-refractivity contribution in [2.45, 2.75) is 47.6 Å². The van der Waals surface area contributed by atoms with Crippen LogP contribution in [0.15, 0.2) is 26.3 Å².